The number of carbonyl (C=O) groups excluding carboxylic acids is 1. The van der Waals surface area contributed by atoms with Crippen molar-refractivity contribution in [3.63, 3.8) is 0 Å². The van der Waals surface area contributed by atoms with Gasteiger partial charge in [0.1, 0.15) is 0 Å². The Bertz CT molecular complexity index is 211. The molecule has 0 bridgehead atoms. The van der Waals surface area contributed by atoms with E-state index in [4.69, 9.17) is 4.74 Å². The summed E-state index contributed by atoms with van der Waals surface area (Å²) in [5.74, 6) is 0.130. The highest BCUT2D eigenvalue weighted by molar-refractivity contribution is 5.77. The summed E-state index contributed by atoms with van der Waals surface area (Å²) in [5, 5.41) is 3.23. The molecule has 1 aliphatic rings. The van der Waals surface area contributed by atoms with Gasteiger partial charge in [0.2, 0.25) is 5.91 Å². The second kappa shape index (κ2) is 5.47. The summed E-state index contributed by atoms with van der Waals surface area (Å²) in [4.78, 5) is 12.9. The zero-order valence-electron chi connectivity index (χ0n) is 10.0. The van der Waals surface area contributed by atoms with Crippen LogP contribution in [0.1, 0.15) is 19.8 Å². The van der Waals surface area contributed by atoms with Crippen molar-refractivity contribution in [3.8, 4) is 0 Å². The molecule has 0 atom stereocenters. The van der Waals surface area contributed by atoms with Gasteiger partial charge in [-0.25, -0.2) is 0 Å². The van der Waals surface area contributed by atoms with Crippen molar-refractivity contribution in [2.75, 3.05) is 40.4 Å². The molecule has 0 aliphatic carbocycles. The Morgan fingerprint density at radius 1 is 1.40 bits per heavy atom. The summed E-state index contributed by atoms with van der Waals surface area (Å²) in [6, 6.07) is 0. The molecular weight excluding hydrogens is 192 g/mol. The zero-order valence-corrected chi connectivity index (χ0v) is 10.0. The smallest absolute Gasteiger partial charge is 0.236 e. The van der Waals surface area contributed by atoms with Crippen molar-refractivity contribution in [1.29, 1.82) is 0 Å². The molecule has 0 aromatic heterocycles. The molecule has 1 saturated heterocycles. The number of nitrogens with zero attached hydrogens (tertiary/aromatic N) is 1. The van der Waals surface area contributed by atoms with Gasteiger partial charge >= 0.3 is 0 Å². The van der Waals surface area contributed by atoms with Crippen LogP contribution >= 0.6 is 0 Å². The van der Waals surface area contributed by atoms with E-state index in [0.29, 0.717) is 12.0 Å². The lowest BCUT2D eigenvalue weighted by Crippen LogP contribution is -2.41. The van der Waals surface area contributed by atoms with Gasteiger partial charge in [-0.2, -0.15) is 0 Å². The maximum atomic E-state index is 11.3. The Hall–Kier alpha value is -0.610. The van der Waals surface area contributed by atoms with Crippen LogP contribution in [-0.4, -0.2) is 51.2 Å². The van der Waals surface area contributed by atoms with Crippen molar-refractivity contribution in [3.05, 3.63) is 0 Å². The highest BCUT2D eigenvalue weighted by Crippen LogP contribution is 2.28. The number of ether oxygens (including phenoxy) is 1. The molecule has 0 aromatic carbocycles. The Morgan fingerprint density at radius 2 is 2.00 bits per heavy atom. The van der Waals surface area contributed by atoms with Crippen LogP contribution in [0.4, 0.5) is 0 Å². The van der Waals surface area contributed by atoms with E-state index in [-0.39, 0.29) is 5.91 Å². The predicted molar refractivity (Wildman–Crippen MR) is 59.7 cm³/mol. The lowest BCUT2D eigenvalue weighted by Gasteiger charge is -2.33. The van der Waals surface area contributed by atoms with Crippen molar-refractivity contribution < 1.29 is 9.53 Å². The fourth-order valence-electron chi connectivity index (χ4n) is 1.67. The number of likely N-dealkylation sites (N-methyl/N-ethyl adjacent to an activating group) is 1. The highest BCUT2D eigenvalue weighted by Gasteiger charge is 2.26. The number of carbonyl (C=O) groups is 1. The minimum absolute atomic E-state index is 0.130. The quantitative estimate of drug-likeness (QED) is 0.740. The number of amides is 1. The van der Waals surface area contributed by atoms with Crippen LogP contribution < -0.4 is 5.32 Å². The first kappa shape index (κ1) is 12.5. The molecule has 1 heterocycles. The molecule has 0 spiro atoms. The third kappa shape index (κ3) is 4.18. The van der Waals surface area contributed by atoms with Gasteiger partial charge < -0.3 is 15.0 Å². The standard InChI is InChI=1S/C11H22N2O2/c1-11(4-6-15-7-5-11)9-12-8-10(14)13(2)3/h12H,4-9H2,1-3H3. The molecule has 4 heteroatoms. The first-order valence-corrected chi connectivity index (χ1v) is 5.52. The lowest BCUT2D eigenvalue weighted by molar-refractivity contribution is -0.127. The lowest BCUT2D eigenvalue weighted by atomic mass is 9.82. The van der Waals surface area contributed by atoms with Gasteiger partial charge in [-0.1, -0.05) is 6.92 Å². The van der Waals surface area contributed by atoms with Gasteiger partial charge in [-0.3, -0.25) is 4.79 Å². The van der Waals surface area contributed by atoms with E-state index in [9.17, 15) is 4.79 Å². The fourth-order valence-corrected chi connectivity index (χ4v) is 1.67. The summed E-state index contributed by atoms with van der Waals surface area (Å²) < 4.78 is 5.33. The zero-order chi connectivity index (χ0) is 11.3. The number of nitrogens with one attached hydrogen (secondary N) is 1. The molecule has 15 heavy (non-hydrogen) atoms. The van der Waals surface area contributed by atoms with Crippen molar-refractivity contribution in [2.24, 2.45) is 5.41 Å². The molecule has 1 N–H and O–H groups in total. The largest absolute Gasteiger partial charge is 0.381 e. The van der Waals surface area contributed by atoms with Crippen LogP contribution in [0.15, 0.2) is 0 Å². The van der Waals surface area contributed by atoms with Crippen LogP contribution in [0, 0.1) is 5.41 Å². The molecule has 1 rings (SSSR count). The minimum Gasteiger partial charge on any atom is -0.381 e. The first-order valence-electron chi connectivity index (χ1n) is 5.52. The fraction of sp³-hybridized carbons (Fsp3) is 0.909. The van der Waals surface area contributed by atoms with Crippen LogP contribution in [0.5, 0.6) is 0 Å². The first-order chi connectivity index (χ1) is 7.03. The highest BCUT2D eigenvalue weighted by atomic mass is 16.5. The third-order valence-electron chi connectivity index (χ3n) is 3.03. The maximum absolute atomic E-state index is 11.3. The average Bonchev–Trinajstić information content (AvgIpc) is 2.18. The van der Waals surface area contributed by atoms with E-state index in [1.807, 2.05) is 0 Å². The topological polar surface area (TPSA) is 41.6 Å². The Labute approximate surface area is 92.0 Å². The number of hydrogen-bond acceptors (Lipinski definition) is 3. The molecule has 88 valence electrons. The predicted octanol–water partition coefficient (Wildman–Crippen LogP) is 0.481. The van der Waals surface area contributed by atoms with Crippen molar-refractivity contribution in [1.82, 2.24) is 10.2 Å². The summed E-state index contributed by atoms with van der Waals surface area (Å²) in [5.41, 5.74) is 0.296. The third-order valence-corrected chi connectivity index (χ3v) is 3.03. The van der Waals surface area contributed by atoms with E-state index < -0.39 is 0 Å². The molecule has 1 fully saturated rings. The van der Waals surface area contributed by atoms with Gasteiger partial charge in [0.15, 0.2) is 0 Å². The molecule has 0 saturated carbocycles. The van der Waals surface area contributed by atoms with E-state index in [1.165, 1.54) is 0 Å². The molecule has 1 amide bonds. The van der Waals surface area contributed by atoms with Crippen molar-refractivity contribution >= 4 is 5.91 Å². The van der Waals surface area contributed by atoms with Gasteiger partial charge in [0, 0.05) is 33.9 Å². The second-order valence-corrected chi connectivity index (χ2v) is 4.81. The van der Waals surface area contributed by atoms with Crippen LogP contribution in [0.2, 0.25) is 0 Å². The van der Waals surface area contributed by atoms with Crippen LogP contribution in [0.3, 0.4) is 0 Å². The second-order valence-electron chi connectivity index (χ2n) is 4.81. The summed E-state index contributed by atoms with van der Waals surface area (Å²) >= 11 is 0. The summed E-state index contributed by atoms with van der Waals surface area (Å²) in [7, 11) is 3.56. The van der Waals surface area contributed by atoms with E-state index >= 15 is 0 Å². The Kier molecular flexibility index (Phi) is 4.54. The van der Waals surface area contributed by atoms with Gasteiger partial charge in [0.05, 0.1) is 6.54 Å². The molecule has 0 radical (unpaired) electrons. The molecule has 0 unspecified atom stereocenters. The Balaban J connectivity index is 2.21. The minimum atomic E-state index is 0.130. The molecule has 4 nitrogen and oxygen atoms in total. The molecular formula is C11H22N2O2. The van der Waals surface area contributed by atoms with E-state index in [1.54, 1.807) is 19.0 Å². The number of rotatable bonds is 4. The normalized spacial score (nSPS) is 19.9. The SMILES string of the molecule is CN(C)C(=O)CNCC1(C)CCOCC1. The van der Waals surface area contributed by atoms with Crippen LogP contribution in [0.25, 0.3) is 0 Å². The Morgan fingerprint density at radius 3 is 2.53 bits per heavy atom. The summed E-state index contributed by atoms with van der Waals surface area (Å²) in [6.45, 7) is 5.28. The van der Waals surface area contributed by atoms with Crippen molar-refractivity contribution in [2.45, 2.75) is 19.8 Å². The maximum Gasteiger partial charge on any atom is 0.236 e. The van der Waals surface area contributed by atoms with Gasteiger partial charge in [-0.05, 0) is 18.3 Å². The van der Waals surface area contributed by atoms with Gasteiger partial charge in [-0.15, -0.1) is 0 Å². The van der Waals surface area contributed by atoms with Crippen LogP contribution in [-0.2, 0) is 9.53 Å². The average molecular weight is 214 g/mol. The van der Waals surface area contributed by atoms with E-state index in [2.05, 4.69) is 12.2 Å². The number of hydrogen-bond donors (Lipinski definition) is 1. The molecule has 1 aliphatic heterocycles. The summed E-state index contributed by atoms with van der Waals surface area (Å²) in [6.07, 6.45) is 2.16. The molecule has 0 aromatic rings. The van der Waals surface area contributed by atoms with Gasteiger partial charge in [0.25, 0.3) is 0 Å². The monoisotopic (exact) mass is 214 g/mol. The van der Waals surface area contributed by atoms with E-state index in [0.717, 1.165) is 32.6 Å².